The van der Waals surface area contributed by atoms with Crippen molar-refractivity contribution in [3.63, 3.8) is 0 Å². The van der Waals surface area contributed by atoms with Gasteiger partial charge in [-0.05, 0) is 48.9 Å². The van der Waals surface area contributed by atoms with E-state index in [1.807, 2.05) is 18.2 Å². The van der Waals surface area contributed by atoms with Gasteiger partial charge in [-0.15, -0.1) is 0 Å². The molecule has 1 unspecified atom stereocenters. The van der Waals surface area contributed by atoms with E-state index in [1.165, 1.54) is 11.1 Å². The maximum Gasteiger partial charge on any atom is 0.134 e. The molecular formula is C18H18BrNO. The van der Waals surface area contributed by atoms with Crippen molar-refractivity contribution in [2.45, 2.75) is 19.9 Å². The van der Waals surface area contributed by atoms with Crippen LogP contribution in [0, 0.1) is 6.92 Å². The summed E-state index contributed by atoms with van der Waals surface area (Å²) in [7, 11) is 0. The highest BCUT2D eigenvalue weighted by atomic mass is 79.9. The van der Waals surface area contributed by atoms with Crippen LogP contribution in [0.1, 0.15) is 29.9 Å². The van der Waals surface area contributed by atoms with Crippen molar-refractivity contribution in [1.82, 2.24) is 5.32 Å². The lowest BCUT2D eigenvalue weighted by Gasteiger charge is -2.18. The average molecular weight is 344 g/mol. The number of fused-ring (bicyclic) bond motifs is 1. The van der Waals surface area contributed by atoms with E-state index in [1.54, 1.807) is 0 Å². The summed E-state index contributed by atoms with van der Waals surface area (Å²) >= 11 is 3.52. The van der Waals surface area contributed by atoms with Crippen molar-refractivity contribution in [2.75, 3.05) is 6.54 Å². The lowest BCUT2D eigenvalue weighted by molar-refractivity contribution is 0.476. The largest absolute Gasteiger partial charge is 0.459 e. The number of hydrogen-bond donors (Lipinski definition) is 1. The Labute approximate surface area is 133 Å². The molecule has 0 spiro atoms. The van der Waals surface area contributed by atoms with Crippen LogP contribution in [0.2, 0.25) is 0 Å². The first-order chi connectivity index (χ1) is 10.2. The Kier molecular flexibility index (Phi) is 4.13. The van der Waals surface area contributed by atoms with E-state index in [0.717, 1.165) is 27.7 Å². The van der Waals surface area contributed by atoms with Gasteiger partial charge in [-0.3, -0.25) is 0 Å². The quantitative estimate of drug-likeness (QED) is 0.703. The Bertz CT molecular complexity index is 730. The van der Waals surface area contributed by atoms with Crippen molar-refractivity contribution >= 4 is 26.9 Å². The number of para-hydroxylation sites is 1. The zero-order valence-corrected chi connectivity index (χ0v) is 13.8. The summed E-state index contributed by atoms with van der Waals surface area (Å²) in [6, 6.07) is 16.7. The fourth-order valence-electron chi connectivity index (χ4n) is 2.68. The molecule has 1 aromatic heterocycles. The molecule has 3 aromatic rings. The van der Waals surface area contributed by atoms with E-state index in [0.29, 0.717) is 0 Å². The molecule has 2 nitrogen and oxygen atoms in total. The number of halogens is 1. The molecule has 0 aliphatic heterocycles. The van der Waals surface area contributed by atoms with Gasteiger partial charge in [0.25, 0.3) is 0 Å². The standard InChI is InChI=1S/C18H18BrNO/c1-3-20-18(15-9-8-14(19)10-12(15)2)17-11-13-6-4-5-7-16(13)21-17/h4-11,18,20H,3H2,1-2H3. The predicted octanol–water partition coefficient (Wildman–Crippen LogP) is 5.20. The van der Waals surface area contributed by atoms with Gasteiger partial charge >= 0.3 is 0 Å². The number of furan rings is 1. The van der Waals surface area contributed by atoms with Gasteiger partial charge in [0.2, 0.25) is 0 Å². The molecular weight excluding hydrogens is 326 g/mol. The maximum absolute atomic E-state index is 6.05. The van der Waals surface area contributed by atoms with Gasteiger partial charge in [0.05, 0.1) is 6.04 Å². The zero-order valence-electron chi connectivity index (χ0n) is 12.2. The summed E-state index contributed by atoms with van der Waals surface area (Å²) in [5.74, 6) is 0.962. The summed E-state index contributed by atoms with van der Waals surface area (Å²) in [5, 5.41) is 4.67. The molecule has 3 rings (SSSR count). The van der Waals surface area contributed by atoms with Crippen LogP contribution in [0.4, 0.5) is 0 Å². The molecule has 0 fully saturated rings. The van der Waals surface area contributed by atoms with Crippen molar-refractivity contribution in [2.24, 2.45) is 0 Å². The Morgan fingerprint density at radius 1 is 1.14 bits per heavy atom. The van der Waals surface area contributed by atoms with E-state index >= 15 is 0 Å². The fraction of sp³-hybridized carbons (Fsp3) is 0.222. The molecule has 0 saturated heterocycles. The van der Waals surface area contributed by atoms with Crippen molar-refractivity contribution < 1.29 is 4.42 Å². The Hall–Kier alpha value is -1.58. The van der Waals surface area contributed by atoms with Crippen LogP contribution < -0.4 is 5.32 Å². The van der Waals surface area contributed by atoms with Gasteiger partial charge in [-0.1, -0.05) is 47.1 Å². The van der Waals surface area contributed by atoms with E-state index in [9.17, 15) is 0 Å². The second-order valence-electron chi connectivity index (χ2n) is 5.18. The molecule has 21 heavy (non-hydrogen) atoms. The number of rotatable bonds is 4. The summed E-state index contributed by atoms with van der Waals surface area (Å²) in [5.41, 5.74) is 3.43. The SMILES string of the molecule is CCNC(c1cc2ccccc2o1)c1ccc(Br)cc1C. The molecule has 0 saturated carbocycles. The third-order valence-corrected chi connectivity index (χ3v) is 4.17. The van der Waals surface area contributed by atoms with Crippen molar-refractivity contribution in [3.05, 3.63) is 69.9 Å². The summed E-state index contributed by atoms with van der Waals surface area (Å²) < 4.78 is 7.15. The van der Waals surface area contributed by atoms with Gasteiger partial charge in [-0.2, -0.15) is 0 Å². The Balaban J connectivity index is 2.08. The molecule has 0 aliphatic carbocycles. The molecule has 3 heteroatoms. The van der Waals surface area contributed by atoms with E-state index in [-0.39, 0.29) is 6.04 Å². The zero-order chi connectivity index (χ0) is 14.8. The highest BCUT2D eigenvalue weighted by Crippen LogP contribution is 2.30. The molecule has 1 N–H and O–H groups in total. The number of aryl methyl sites for hydroxylation is 1. The second kappa shape index (κ2) is 6.04. The normalized spacial score (nSPS) is 12.7. The van der Waals surface area contributed by atoms with E-state index in [4.69, 9.17) is 4.42 Å². The minimum atomic E-state index is 0.0792. The first-order valence-corrected chi connectivity index (χ1v) is 7.96. The van der Waals surface area contributed by atoms with Crippen LogP contribution in [0.15, 0.2) is 57.4 Å². The minimum absolute atomic E-state index is 0.0792. The van der Waals surface area contributed by atoms with Gasteiger partial charge in [0, 0.05) is 9.86 Å². The van der Waals surface area contributed by atoms with Crippen LogP contribution in [-0.4, -0.2) is 6.54 Å². The van der Waals surface area contributed by atoms with Crippen molar-refractivity contribution in [1.29, 1.82) is 0 Å². The molecule has 108 valence electrons. The monoisotopic (exact) mass is 343 g/mol. The van der Waals surface area contributed by atoms with Gasteiger partial charge in [0.1, 0.15) is 11.3 Å². The van der Waals surface area contributed by atoms with Gasteiger partial charge < -0.3 is 9.73 Å². The highest BCUT2D eigenvalue weighted by molar-refractivity contribution is 9.10. The second-order valence-corrected chi connectivity index (χ2v) is 6.09. The van der Waals surface area contributed by atoms with Crippen molar-refractivity contribution in [3.8, 4) is 0 Å². The summed E-state index contributed by atoms with van der Waals surface area (Å²) in [4.78, 5) is 0. The topological polar surface area (TPSA) is 25.2 Å². The third kappa shape index (κ3) is 2.89. The smallest absolute Gasteiger partial charge is 0.134 e. The first-order valence-electron chi connectivity index (χ1n) is 7.17. The van der Waals surface area contributed by atoms with Crippen LogP contribution in [-0.2, 0) is 0 Å². The average Bonchev–Trinajstić information content (AvgIpc) is 2.89. The van der Waals surface area contributed by atoms with E-state index in [2.05, 4.69) is 65.4 Å². The Morgan fingerprint density at radius 2 is 1.95 bits per heavy atom. The molecule has 0 radical (unpaired) electrons. The minimum Gasteiger partial charge on any atom is -0.459 e. The molecule has 2 aromatic carbocycles. The van der Waals surface area contributed by atoms with Gasteiger partial charge in [-0.25, -0.2) is 0 Å². The first kappa shape index (κ1) is 14.4. The molecule has 0 bridgehead atoms. The molecule has 1 atom stereocenters. The summed E-state index contributed by atoms with van der Waals surface area (Å²) in [6.07, 6.45) is 0. The number of hydrogen-bond acceptors (Lipinski definition) is 2. The van der Waals surface area contributed by atoms with E-state index < -0.39 is 0 Å². The molecule has 0 amide bonds. The third-order valence-electron chi connectivity index (χ3n) is 3.68. The summed E-state index contributed by atoms with van der Waals surface area (Å²) in [6.45, 7) is 5.13. The number of benzene rings is 2. The fourth-order valence-corrected chi connectivity index (χ4v) is 3.15. The van der Waals surface area contributed by atoms with Crippen LogP contribution in [0.3, 0.4) is 0 Å². The molecule has 1 heterocycles. The highest BCUT2D eigenvalue weighted by Gasteiger charge is 2.19. The molecule has 0 aliphatic rings. The van der Waals surface area contributed by atoms with Crippen LogP contribution in [0.5, 0.6) is 0 Å². The number of nitrogens with one attached hydrogen (secondary N) is 1. The van der Waals surface area contributed by atoms with Crippen LogP contribution >= 0.6 is 15.9 Å². The lowest BCUT2D eigenvalue weighted by atomic mass is 9.99. The van der Waals surface area contributed by atoms with Gasteiger partial charge in [0.15, 0.2) is 0 Å². The predicted molar refractivity (Wildman–Crippen MR) is 90.6 cm³/mol. The Morgan fingerprint density at radius 3 is 2.67 bits per heavy atom. The maximum atomic E-state index is 6.05. The lowest BCUT2D eigenvalue weighted by Crippen LogP contribution is -2.22. The van der Waals surface area contributed by atoms with Crippen LogP contribution in [0.25, 0.3) is 11.0 Å².